The number of Topliss-reactive ketones (excluding diaryl/α,β-unsaturated/α-hetero) is 1. The molecular formula is C15H17NO2. The Labute approximate surface area is 107 Å². The number of ether oxygens (including phenoxy) is 1. The van der Waals surface area contributed by atoms with E-state index in [1.807, 2.05) is 25.1 Å². The largest absolute Gasteiger partial charge is 0.497 e. The number of hydrogen-bond donors (Lipinski definition) is 0. The predicted molar refractivity (Wildman–Crippen MR) is 68.6 cm³/mol. The molecule has 0 unspecified atom stereocenters. The molecule has 1 atom stereocenters. The molecule has 1 aliphatic rings. The lowest BCUT2D eigenvalue weighted by Crippen LogP contribution is -2.33. The Kier molecular flexibility index (Phi) is 3.38. The van der Waals surface area contributed by atoms with E-state index in [0.717, 1.165) is 29.7 Å². The number of nitriles is 1. The van der Waals surface area contributed by atoms with Gasteiger partial charge >= 0.3 is 0 Å². The van der Waals surface area contributed by atoms with Gasteiger partial charge in [0.25, 0.3) is 0 Å². The Balaban J connectivity index is 2.31. The van der Waals surface area contributed by atoms with Crippen LogP contribution in [-0.2, 0) is 6.42 Å². The van der Waals surface area contributed by atoms with Gasteiger partial charge in [-0.15, -0.1) is 0 Å². The molecule has 0 spiro atoms. The highest BCUT2D eigenvalue weighted by atomic mass is 16.5. The third-order valence-electron chi connectivity index (χ3n) is 3.84. The Morgan fingerprint density at radius 3 is 2.94 bits per heavy atom. The summed E-state index contributed by atoms with van der Waals surface area (Å²) >= 11 is 0. The van der Waals surface area contributed by atoms with Gasteiger partial charge in [0.1, 0.15) is 5.75 Å². The Hall–Kier alpha value is -1.82. The Morgan fingerprint density at radius 2 is 2.28 bits per heavy atom. The summed E-state index contributed by atoms with van der Waals surface area (Å²) in [5.41, 5.74) is 1.48. The summed E-state index contributed by atoms with van der Waals surface area (Å²) < 4.78 is 5.18. The maximum absolute atomic E-state index is 12.5. The van der Waals surface area contributed by atoms with Crippen LogP contribution in [0.3, 0.4) is 0 Å². The number of rotatable bonds is 3. The van der Waals surface area contributed by atoms with Crippen molar-refractivity contribution in [1.29, 1.82) is 5.26 Å². The molecule has 18 heavy (non-hydrogen) atoms. The van der Waals surface area contributed by atoms with Gasteiger partial charge in [0.2, 0.25) is 0 Å². The molecule has 3 nitrogen and oxygen atoms in total. The van der Waals surface area contributed by atoms with Crippen LogP contribution in [0.1, 0.15) is 42.1 Å². The van der Waals surface area contributed by atoms with Gasteiger partial charge in [-0.3, -0.25) is 4.79 Å². The highest BCUT2D eigenvalue weighted by molar-refractivity contribution is 6.02. The number of ketones is 1. The summed E-state index contributed by atoms with van der Waals surface area (Å²) in [5.74, 6) is 0.962. The summed E-state index contributed by atoms with van der Waals surface area (Å²) in [7, 11) is 1.63. The first-order valence-corrected chi connectivity index (χ1v) is 6.19. The summed E-state index contributed by atoms with van der Waals surface area (Å²) in [6.07, 6.45) is 2.77. The average Bonchev–Trinajstić information content (AvgIpc) is 2.41. The van der Waals surface area contributed by atoms with E-state index in [-0.39, 0.29) is 11.2 Å². The van der Waals surface area contributed by atoms with Crippen molar-refractivity contribution in [2.45, 2.75) is 32.6 Å². The second-order valence-corrected chi connectivity index (χ2v) is 5.07. The van der Waals surface area contributed by atoms with Crippen molar-refractivity contribution in [3.05, 3.63) is 29.3 Å². The fraction of sp³-hybridized carbons (Fsp3) is 0.467. The lowest BCUT2D eigenvalue weighted by molar-refractivity contribution is 0.0772. The minimum Gasteiger partial charge on any atom is -0.497 e. The molecule has 94 valence electrons. The van der Waals surface area contributed by atoms with E-state index in [2.05, 4.69) is 6.07 Å². The molecule has 0 radical (unpaired) electrons. The van der Waals surface area contributed by atoms with E-state index in [9.17, 15) is 4.79 Å². The molecule has 0 amide bonds. The van der Waals surface area contributed by atoms with E-state index in [1.165, 1.54) is 0 Å². The minimum absolute atomic E-state index is 0.168. The zero-order valence-corrected chi connectivity index (χ0v) is 10.8. The zero-order chi connectivity index (χ0) is 13.2. The van der Waals surface area contributed by atoms with Crippen LogP contribution in [0.2, 0.25) is 0 Å². The molecule has 0 saturated carbocycles. The van der Waals surface area contributed by atoms with Crippen LogP contribution < -0.4 is 4.74 Å². The number of carbonyl (C=O) groups is 1. The Morgan fingerprint density at radius 1 is 1.50 bits per heavy atom. The molecule has 0 heterocycles. The molecule has 0 fully saturated rings. The van der Waals surface area contributed by atoms with Crippen molar-refractivity contribution < 1.29 is 9.53 Å². The highest BCUT2D eigenvalue weighted by Crippen LogP contribution is 2.39. The second kappa shape index (κ2) is 4.81. The van der Waals surface area contributed by atoms with Crippen molar-refractivity contribution in [2.75, 3.05) is 7.11 Å². The fourth-order valence-corrected chi connectivity index (χ4v) is 2.54. The molecule has 1 aromatic rings. The first kappa shape index (κ1) is 12.6. The number of hydrogen-bond acceptors (Lipinski definition) is 3. The quantitative estimate of drug-likeness (QED) is 0.819. The van der Waals surface area contributed by atoms with Gasteiger partial charge in [-0.25, -0.2) is 0 Å². The van der Waals surface area contributed by atoms with Crippen LogP contribution in [0.15, 0.2) is 18.2 Å². The molecule has 0 bridgehead atoms. The average molecular weight is 243 g/mol. The summed E-state index contributed by atoms with van der Waals surface area (Å²) in [4.78, 5) is 12.5. The number of carbonyl (C=O) groups excluding carboxylic acids is 1. The first-order valence-electron chi connectivity index (χ1n) is 6.19. The smallest absolute Gasteiger partial charge is 0.169 e. The van der Waals surface area contributed by atoms with E-state index in [0.29, 0.717) is 12.8 Å². The van der Waals surface area contributed by atoms with Crippen molar-refractivity contribution in [2.24, 2.45) is 5.41 Å². The molecule has 0 N–H and O–H groups in total. The lowest BCUT2D eigenvalue weighted by atomic mass is 9.69. The summed E-state index contributed by atoms with van der Waals surface area (Å²) in [6.45, 7) is 1.97. The number of aryl methyl sites for hydroxylation is 1. The third-order valence-corrected chi connectivity index (χ3v) is 3.84. The molecule has 0 aliphatic heterocycles. The zero-order valence-electron chi connectivity index (χ0n) is 10.8. The molecular weight excluding hydrogens is 226 g/mol. The number of fused-ring (bicyclic) bond motifs is 1. The number of benzene rings is 1. The van der Waals surface area contributed by atoms with E-state index >= 15 is 0 Å². The number of methoxy groups -OCH3 is 1. The fourth-order valence-electron chi connectivity index (χ4n) is 2.54. The van der Waals surface area contributed by atoms with Crippen LogP contribution in [0.5, 0.6) is 5.75 Å². The number of nitrogens with zero attached hydrogens (tertiary/aromatic N) is 1. The standard InChI is InChI=1S/C15H17NO2/c1-15(7-3-9-16)8-6-11-10-12(18-2)4-5-13(11)14(15)17/h4-5,10H,3,6-8H2,1-2H3/t15-/m1/s1. The second-order valence-electron chi connectivity index (χ2n) is 5.07. The van der Waals surface area contributed by atoms with Crippen molar-refractivity contribution in [1.82, 2.24) is 0 Å². The van der Waals surface area contributed by atoms with Crippen LogP contribution >= 0.6 is 0 Å². The van der Waals surface area contributed by atoms with Gasteiger partial charge in [-0.1, -0.05) is 6.92 Å². The minimum atomic E-state index is -0.378. The van der Waals surface area contributed by atoms with Gasteiger partial charge in [0.05, 0.1) is 13.2 Å². The molecule has 0 saturated heterocycles. The van der Waals surface area contributed by atoms with Gasteiger partial charge < -0.3 is 4.74 Å². The van der Waals surface area contributed by atoms with Gasteiger partial charge in [-0.05, 0) is 43.0 Å². The highest BCUT2D eigenvalue weighted by Gasteiger charge is 2.37. The van der Waals surface area contributed by atoms with Gasteiger partial charge in [0.15, 0.2) is 5.78 Å². The van der Waals surface area contributed by atoms with Gasteiger partial charge in [0, 0.05) is 17.4 Å². The third kappa shape index (κ3) is 2.11. The predicted octanol–water partition coefficient (Wildman–Crippen LogP) is 3.13. The topological polar surface area (TPSA) is 50.1 Å². The van der Waals surface area contributed by atoms with Crippen LogP contribution in [0, 0.1) is 16.7 Å². The molecule has 3 heteroatoms. The summed E-state index contributed by atoms with van der Waals surface area (Å²) in [6, 6.07) is 7.75. The monoisotopic (exact) mass is 243 g/mol. The van der Waals surface area contributed by atoms with Crippen LogP contribution in [0.4, 0.5) is 0 Å². The van der Waals surface area contributed by atoms with Crippen molar-refractivity contribution >= 4 is 5.78 Å². The van der Waals surface area contributed by atoms with Crippen LogP contribution in [0.25, 0.3) is 0 Å². The molecule has 1 aromatic carbocycles. The van der Waals surface area contributed by atoms with Crippen LogP contribution in [-0.4, -0.2) is 12.9 Å². The lowest BCUT2D eigenvalue weighted by Gasteiger charge is -2.32. The molecule has 0 aromatic heterocycles. The summed E-state index contributed by atoms with van der Waals surface area (Å²) in [5, 5.41) is 8.68. The normalized spacial score (nSPS) is 22.2. The SMILES string of the molecule is COc1ccc2c(c1)CC[C@@](C)(CCC#N)C2=O. The molecule has 1 aliphatic carbocycles. The van der Waals surface area contributed by atoms with Crippen molar-refractivity contribution in [3.8, 4) is 11.8 Å². The van der Waals surface area contributed by atoms with E-state index in [1.54, 1.807) is 7.11 Å². The first-order chi connectivity index (χ1) is 8.60. The maximum Gasteiger partial charge on any atom is 0.169 e. The maximum atomic E-state index is 12.5. The molecule has 2 rings (SSSR count). The van der Waals surface area contributed by atoms with Gasteiger partial charge in [-0.2, -0.15) is 5.26 Å². The Bertz CT molecular complexity index is 516. The van der Waals surface area contributed by atoms with E-state index in [4.69, 9.17) is 10.00 Å². The van der Waals surface area contributed by atoms with Crippen molar-refractivity contribution in [3.63, 3.8) is 0 Å². The van der Waals surface area contributed by atoms with E-state index < -0.39 is 0 Å².